The number of unbranched alkanes of at least 4 members (excludes halogenated alkanes) is 3. The Labute approximate surface area is 196 Å². The molecule has 0 fully saturated rings. The molecule has 0 spiro atoms. The van der Waals surface area contributed by atoms with Gasteiger partial charge < -0.3 is 24.7 Å². The molecule has 33 heavy (non-hydrogen) atoms. The van der Waals surface area contributed by atoms with Gasteiger partial charge in [0.05, 0.1) is 38.7 Å². The van der Waals surface area contributed by atoms with Gasteiger partial charge in [0, 0.05) is 16.8 Å². The zero-order valence-corrected chi connectivity index (χ0v) is 20.1. The molecule has 0 amide bonds. The topological polar surface area (TPSA) is 92.9 Å². The first-order valence-corrected chi connectivity index (χ1v) is 12.1. The lowest BCUT2D eigenvalue weighted by molar-refractivity contribution is 0.0487. The number of rotatable bonds is 12. The van der Waals surface area contributed by atoms with Crippen molar-refractivity contribution < 1.29 is 23.7 Å². The third-order valence-corrected chi connectivity index (χ3v) is 5.52. The Morgan fingerprint density at radius 2 is 1.70 bits per heavy atom. The van der Waals surface area contributed by atoms with Crippen LogP contribution in [0.15, 0.2) is 18.2 Å². The summed E-state index contributed by atoms with van der Waals surface area (Å²) in [4.78, 5) is 18.0. The van der Waals surface area contributed by atoms with Crippen LogP contribution in [-0.2, 0) is 22.7 Å². The molecule has 1 aliphatic heterocycles. The first kappa shape index (κ1) is 24.8. The molecule has 0 atom stereocenters. The van der Waals surface area contributed by atoms with E-state index in [0.717, 1.165) is 55.2 Å². The van der Waals surface area contributed by atoms with Gasteiger partial charge in [-0.3, -0.25) is 0 Å². The molecule has 1 aromatic carbocycles. The third kappa shape index (κ3) is 6.16. The quantitative estimate of drug-likeness (QED) is 0.250. The number of nitrogen functional groups attached to an aromatic ring is 1. The van der Waals surface area contributed by atoms with E-state index in [2.05, 4.69) is 20.8 Å². The number of aromatic nitrogens is 1. The highest BCUT2D eigenvalue weighted by molar-refractivity contribution is 5.97. The molecule has 0 unspecified atom stereocenters. The van der Waals surface area contributed by atoms with Crippen LogP contribution in [0.4, 0.5) is 5.69 Å². The van der Waals surface area contributed by atoms with Gasteiger partial charge in [-0.2, -0.15) is 0 Å². The normalized spacial score (nSPS) is 12.5. The van der Waals surface area contributed by atoms with Crippen LogP contribution in [0.5, 0.6) is 11.6 Å². The first-order chi connectivity index (χ1) is 16.1. The van der Waals surface area contributed by atoms with Crippen molar-refractivity contribution in [1.82, 2.24) is 4.98 Å². The van der Waals surface area contributed by atoms with E-state index in [4.69, 9.17) is 29.7 Å². The SMILES string of the molecule is CCCCOC(=O)c1c(OCCCC)nc2c(c1OCCCC)COCc1cc(N)ccc1-2. The minimum Gasteiger partial charge on any atom is -0.492 e. The Kier molecular flexibility index (Phi) is 9.36. The predicted octanol–water partition coefficient (Wildman–Crippen LogP) is 5.68. The second kappa shape index (κ2) is 12.4. The Morgan fingerprint density at radius 3 is 2.42 bits per heavy atom. The van der Waals surface area contributed by atoms with Gasteiger partial charge in [-0.15, -0.1) is 0 Å². The Balaban J connectivity index is 2.16. The molecule has 3 rings (SSSR count). The molecular formula is C26H36N2O5. The molecule has 1 aromatic heterocycles. The number of fused-ring (bicyclic) bond motifs is 3. The number of esters is 1. The molecule has 2 aromatic rings. The Morgan fingerprint density at radius 1 is 1.00 bits per heavy atom. The molecular weight excluding hydrogens is 420 g/mol. The van der Waals surface area contributed by atoms with Gasteiger partial charge in [-0.1, -0.05) is 46.1 Å². The number of benzene rings is 1. The maximum Gasteiger partial charge on any atom is 0.347 e. The molecule has 0 saturated carbocycles. The van der Waals surface area contributed by atoms with E-state index in [9.17, 15) is 4.79 Å². The maximum atomic E-state index is 13.2. The first-order valence-electron chi connectivity index (χ1n) is 12.1. The zero-order chi connectivity index (χ0) is 23.6. The number of hydrogen-bond donors (Lipinski definition) is 1. The summed E-state index contributed by atoms with van der Waals surface area (Å²) in [6, 6.07) is 5.68. The van der Waals surface area contributed by atoms with Crippen LogP contribution in [0.3, 0.4) is 0 Å². The minimum atomic E-state index is -0.474. The van der Waals surface area contributed by atoms with Crippen LogP contribution in [0, 0.1) is 0 Å². The van der Waals surface area contributed by atoms with Crippen molar-refractivity contribution in [3.05, 3.63) is 34.9 Å². The standard InChI is InChI=1S/C26H36N2O5/c1-4-7-12-31-24-21-17-30-16-18-15-19(27)10-11-20(18)23(21)28-25(32-13-8-5-2)22(24)26(29)33-14-9-6-3/h10-11,15H,4-9,12-14,16-17,27H2,1-3H3. The highest BCUT2D eigenvalue weighted by atomic mass is 16.5. The number of pyridine rings is 1. The summed E-state index contributed by atoms with van der Waals surface area (Å²) in [5.41, 5.74) is 10.2. The molecule has 0 saturated heterocycles. The number of nitrogens with two attached hydrogens (primary N) is 1. The van der Waals surface area contributed by atoms with Crippen molar-refractivity contribution >= 4 is 11.7 Å². The monoisotopic (exact) mass is 456 g/mol. The zero-order valence-electron chi connectivity index (χ0n) is 20.1. The molecule has 7 heteroatoms. The van der Waals surface area contributed by atoms with E-state index in [-0.39, 0.29) is 18.1 Å². The summed E-state index contributed by atoms with van der Waals surface area (Å²) in [7, 11) is 0. The Bertz CT molecular complexity index is 945. The molecule has 1 aliphatic rings. The number of anilines is 1. The fourth-order valence-corrected chi connectivity index (χ4v) is 3.62. The molecule has 0 radical (unpaired) electrons. The summed E-state index contributed by atoms with van der Waals surface area (Å²) in [5.74, 6) is 0.226. The smallest absolute Gasteiger partial charge is 0.347 e. The van der Waals surface area contributed by atoms with E-state index in [1.807, 2.05) is 18.2 Å². The highest BCUT2D eigenvalue weighted by Gasteiger charge is 2.31. The number of hydrogen-bond acceptors (Lipinski definition) is 7. The number of carbonyl (C=O) groups excluding carboxylic acids is 1. The van der Waals surface area contributed by atoms with Gasteiger partial charge in [0.25, 0.3) is 0 Å². The maximum absolute atomic E-state index is 13.2. The molecule has 0 bridgehead atoms. The van der Waals surface area contributed by atoms with Gasteiger partial charge in [0.1, 0.15) is 5.75 Å². The summed E-state index contributed by atoms with van der Waals surface area (Å²) >= 11 is 0. The number of ether oxygens (including phenoxy) is 4. The summed E-state index contributed by atoms with van der Waals surface area (Å²) in [6.07, 6.45) is 5.38. The van der Waals surface area contributed by atoms with Gasteiger partial charge in [-0.25, -0.2) is 9.78 Å². The second-order valence-electron chi connectivity index (χ2n) is 8.25. The Hall–Kier alpha value is -2.80. The molecule has 0 aliphatic carbocycles. The van der Waals surface area contributed by atoms with Crippen LogP contribution in [-0.4, -0.2) is 30.8 Å². The van der Waals surface area contributed by atoms with Crippen molar-refractivity contribution in [2.75, 3.05) is 25.6 Å². The molecule has 7 nitrogen and oxygen atoms in total. The lowest BCUT2D eigenvalue weighted by Crippen LogP contribution is -2.16. The van der Waals surface area contributed by atoms with Crippen LogP contribution < -0.4 is 15.2 Å². The highest BCUT2D eigenvalue weighted by Crippen LogP contribution is 2.42. The lowest BCUT2D eigenvalue weighted by Gasteiger charge is -2.20. The second-order valence-corrected chi connectivity index (χ2v) is 8.25. The van der Waals surface area contributed by atoms with Gasteiger partial charge in [0.15, 0.2) is 5.56 Å². The van der Waals surface area contributed by atoms with Crippen LogP contribution in [0.1, 0.15) is 80.8 Å². The third-order valence-electron chi connectivity index (χ3n) is 5.52. The van der Waals surface area contributed by atoms with Crippen molar-refractivity contribution in [2.24, 2.45) is 0 Å². The summed E-state index contributed by atoms with van der Waals surface area (Å²) in [5, 5.41) is 0. The molecule has 180 valence electrons. The number of nitrogens with zero attached hydrogens (tertiary/aromatic N) is 1. The van der Waals surface area contributed by atoms with Crippen LogP contribution in [0.25, 0.3) is 11.3 Å². The van der Waals surface area contributed by atoms with Gasteiger partial charge in [0.2, 0.25) is 5.88 Å². The predicted molar refractivity (Wildman–Crippen MR) is 129 cm³/mol. The van der Waals surface area contributed by atoms with E-state index >= 15 is 0 Å². The number of carbonyl (C=O) groups is 1. The fraction of sp³-hybridized carbons (Fsp3) is 0.538. The summed E-state index contributed by atoms with van der Waals surface area (Å²) < 4.78 is 23.8. The lowest BCUT2D eigenvalue weighted by atomic mass is 9.99. The van der Waals surface area contributed by atoms with Crippen LogP contribution in [0.2, 0.25) is 0 Å². The molecule has 2 N–H and O–H groups in total. The van der Waals surface area contributed by atoms with E-state index in [1.165, 1.54) is 0 Å². The van der Waals surface area contributed by atoms with Crippen molar-refractivity contribution in [1.29, 1.82) is 0 Å². The van der Waals surface area contributed by atoms with E-state index in [0.29, 0.717) is 43.6 Å². The van der Waals surface area contributed by atoms with E-state index in [1.54, 1.807) is 0 Å². The van der Waals surface area contributed by atoms with Crippen LogP contribution >= 0.6 is 0 Å². The van der Waals surface area contributed by atoms with Crippen molar-refractivity contribution in [3.63, 3.8) is 0 Å². The summed E-state index contributed by atoms with van der Waals surface area (Å²) in [6.45, 7) is 8.18. The van der Waals surface area contributed by atoms with E-state index < -0.39 is 5.97 Å². The van der Waals surface area contributed by atoms with Gasteiger partial charge in [-0.05, 0) is 37.0 Å². The van der Waals surface area contributed by atoms with Gasteiger partial charge >= 0.3 is 5.97 Å². The average molecular weight is 457 g/mol. The van der Waals surface area contributed by atoms with Crippen molar-refractivity contribution in [3.8, 4) is 22.9 Å². The average Bonchev–Trinajstić information content (AvgIpc) is 2.98. The van der Waals surface area contributed by atoms with Crippen molar-refractivity contribution in [2.45, 2.75) is 72.5 Å². The fourth-order valence-electron chi connectivity index (χ4n) is 3.62. The molecule has 2 heterocycles. The minimum absolute atomic E-state index is 0.250. The largest absolute Gasteiger partial charge is 0.492 e.